The maximum atomic E-state index is 12.2. The molecular formula is C17H23N3O3. The first-order valence-corrected chi connectivity index (χ1v) is 8.29. The van der Waals surface area contributed by atoms with Crippen molar-refractivity contribution in [2.45, 2.75) is 52.0 Å². The molecule has 1 saturated carbocycles. The highest BCUT2D eigenvalue weighted by Crippen LogP contribution is 2.29. The summed E-state index contributed by atoms with van der Waals surface area (Å²) in [4.78, 5) is 16.4. The van der Waals surface area contributed by atoms with E-state index < -0.39 is 0 Å². The average Bonchev–Trinajstić information content (AvgIpc) is 3.20. The number of nitrogens with one attached hydrogen (secondary N) is 1. The molecule has 0 aliphatic heterocycles. The van der Waals surface area contributed by atoms with E-state index in [0.29, 0.717) is 42.2 Å². The molecule has 2 aromatic rings. The molecule has 3 unspecified atom stereocenters. The van der Waals surface area contributed by atoms with Gasteiger partial charge in [-0.25, -0.2) is 0 Å². The van der Waals surface area contributed by atoms with Crippen LogP contribution in [-0.4, -0.2) is 22.1 Å². The molecule has 0 radical (unpaired) electrons. The smallest absolute Gasteiger partial charge is 0.238 e. The lowest BCUT2D eigenvalue weighted by Gasteiger charge is -2.34. The summed E-state index contributed by atoms with van der Waals surface area (Å²) in [7, 11) is 0. The molecule has 124 valence electrons. The summed E-state index contributed by atoms with van der Waals surface area (Å²) in [6.45, 7) is 4.49. The number of amides is 1. The number of carbonyl (C=O) groups is 1. The molecule has 0 bridgehead atoms. The fraction of sp³-hybridized carbons (Fsp3) is 0.588. The van der Waals surface area contributed by atoms with Crippen molar-refractivity contribution in [2.75, 3.05) is 0 Å². The van der Waals surface area contributed by atoms with Crippen molar-refractivity contribution in [1.82, 2.24) is 15.5 Å². The quantitative estimate of drug-likeness (QED) is 0.916. The van der Waals surface area contributed by atoms with Crippen LogP contribution < -0.4 is 5.32 Å². The Bertz CT molecular complexity index is 635. The summed E-state index contributed by atoms with van der Waals surface area (Å²) in [5.41, 5.74) is 0. The Morgan fingerprint density at radius 2 is 2.26 bits per heavy atom. The minimum atomic E-state index is 0.0497. The van der Waals surface area contributed by atoms with Crippen molar-refractivity contribution in [3.8, 4) is 11.6 Å². The number of nitrogens with zero attached hydrogens (tertiary/aromatic N) is 2. The van der Waals surface area contributed by atoms with Crippen LogP contribution in [-0.2, 0) is 11.2 Å². The number of carbonyl (C=O) groups excluding carboxylic acids is 1. The molecule has 3 rings (SSSR count). The molecule has 6 heteroatoms. The molecule has 1 amide bonds. The zero-order chi connectivity index (χ0) is 16.2. The van der Waals surface area contributed by atoms with Crippen molar-refractivity contribution >= 4 is 5.91 Å². The molecular weight excluding hydrogens is 294 g/mol. The molecule has 6 nitrogen and oxygen atoms in total. The fourth-order valence-corrected chi connectivity index (χ4v) is 3.15. The molecule has 0 aromatic carbocycles. The minimum Gasteiger partial charge on any atom is -0.461 e. The second-order valence-corrected chi connectivity index (χ2v) is 6.43. The van der Waals surface area contributed by atoms with Gasteiger partial charge in [0.2, 0.25) is 17.6 Å². The number of aromatic nitrogens is 2. The van der Waals surface area contributed by atoms with Gasteiger partial charge in [0.15, 0.2) is 5.76 Å². The third kappa shape index (κ3) is 3.81. The molecule has 1 fully saturated rings. The van der Waals surface area contributed by atoms with Crippen LogP contribution in [0.5, 0.6) is 0 Å². The van der Waals surface area contributed by atoms with Gasteiger partial charge in [0.1, 0.15) is 0 Å². The topological polar surface area (TPSA) is 81.2 Å². The van der Waals surface area contributed by atoms with E-state index in [1.54, 1.807) is 18.4 Å². The van der Waals surface area contributed by atoms with Gasteiger partial charge < -0.3 is 14.3 Å². The van der Waals surface area contributed by atoms with Crippen LogP contribution in [0, 0.1) is 11.8 Å². The molecule has 1 N–H and O–H groups in total. The third-order valence-electron chi connectivity index (χ3n) is 4.83. The third-order valence-corrected chi connectivity index (χ3v) is 4.83. The summed E-state index contributed by atoms with van der Waals surface area (Å²) in [5.74, 6) is 2.68. The highest BCUT2D eigenvalue weighted by atomic mass is 16.5. The SMILES string of the molecule is CC1CCCC(NC(=O)CCc2nc(-c3ccco3)no2)C1C. The second kappa shape index (κ2) is 6.98. The first-order chi connectivity index (χ1) is 11.1. The van der Waals surface area contributed by atoms with Gasteiger partial charge in [0, 0.05) is 18.9 Å². The first-order valence-electron chi connectivity index (χ1n) is 8.29. The molecule has 1 aliphatic rings. The normalized spacial score (nSPS) is 24.5. The maximum Gasteiger partial charge on any atom is 0.238 e. The predicted octanol–water partition coefficient (Wildman–Crippen LogP) is 3.20. The summed E-state index contributed by atoms with van der Waals surface area (Å²) >= 11 is 0. The maximum absolute atomic E-state index is 12.2. The highest BCUT2D eigenvalue weighted by Gasteiger charge is 2.28. The zero-order valence-corrected chi connectivity index (χ0v) is 13.6. The van der Waals surface area contributed by atoms with Gasteiger partial charge in [-0.1, -0.05) is 31.8 Å². The van der Waals surface area contributed by atoms with E-state index in [0.717, 1.165) is 6.42 Å². The Morgan fingerprint density at radius 3 is 3.04 bits per heavy atom. The van der Waals surface area contributed by atoms with Crippen LogP contribution in [0.25, 0.3) is 11.6 Å². The van der Waals surface area contributed by atoms with Crippen molar-refractivity contribution in [3.05, 3.63) is 24.3 Å². The Labute approximate surface area is 135 Å². The van der Waals surface area contributed by atoms with Gasteiger partial charge in [-0.05, 0) is 30.4 Å². The van der Waals surface area contributed by atoms with E-state index >= 15 is 0 Å². The number of hydrogen-bond donors (Lipinski definition) is 1. The van der Waals surface area contributed by atoms with Crippen molar-refractivity contribution in [1.29, 1.82) is 0 Å². The Kier molecular flexibility index (Phi) is 4.79. The van der Waals surface area contributed by atoms with Gasteiger partial charge in [-0.15, -0.1) is 0 Å². The number of aryl methyl sites for hydroxylation is 1. The predicted molar refractivity (Wildman–Crippen MR) is 84.4 cm³/mol. The van der Waals surface area contributed by atoms with E-state index in [9.17, 15) is 4.79 Å². The van der Waals surface area contributed by atoms with Crippen molar-refractivity contribution in [3.63, 3.8) is 0 Å². The van der Waals surface area contributed by atoms with E-state index in [4.69, 9.17) is 8.94 Å². The molecule has 2 heterocycles. The van der Waals surface area contributed by atoms with Gasteiger partial charge in [0.25, 0.3) is 0 Å². The molecule has 3 atom stereocenters. The van der Waals surface area contributed by atoms with E-state index in [2.05, 4.69) is 29.3 Å². The zero-order valence-electron chi connectivity index (χ0n) is 13.6. The van der Waals surface area contributed by atoms with E-state index in [1.165, 1.54) is 12.8 Å². The van der Waals surface area contributed by atoms with Crippen LogP contribution in [0.1, 0.15) is 45.4 Å². The number of furan rings is 1. The molecule has 1 aliphatic carbocycles. The lowest BCUT2D eigenvalue weighted by Crippen LogP contribution is -2.43. The molecule has 2 aromatic heterocycles. The fourth-order valence-electron chi connectivity index (χ4n) is 3.15. The minimum absolute atomic E-state index is 0.0497. The van der Waals surface area contributed by atoms with Crippen molar-refractivity contribution in [2.24, 2.45) is 11.8 Å². The van der Waals surface area contributed by atoms with Gasteiger partial charge in [-0.2, -0.15) is 4.98 Å². The van der Waals surface area contributed by atoms with E-state index in [-0.39, 0.29) is 11.9 Å². The van der Waals surface area contributed by atoms with Gasteiger partial charge >= 0.3 is 0 Å². The Morgan fingerprint density at radius 1 is 1.39 bits per heavy atom. The van der Waals surface area contributed by atoms with Gasteiger partial charge in [0.05, 0.1) is 6.26 Å². The van der Waals surface area contributed by atoms with Crippen LogP contribution >= 0.6 is 0 Å². The van der Waals surface area contributed by atoms with Crippen LogP contribution in [0.4, 0.5) is 0 Å². The highest BCUT2D eigenvalue weighted by molar-refractivity contribution is 5.76. The lowest BCUT2D eigenvalue weighted by atomic mass is 9.78. The standard InChI is InChI=1S/C17H23N3O3/c1-11-5-3-6-13(12(11)2)18-15(21)8-9-16-19-17(20-23-16)14-7-4-10-22-14/h4,7,10-13H,3,5-6,8-9H2,1-2H3,(H,18,21). The Hall–Kier alpha value is -2.11. The molecule has 23 heavy (non-hydrogen) atoms. The van der Waals surface area contributed by atoms with Gasteiger partial charge in [-0.3, -0.25) is 4.79 Å². The monoisotopic (exact) mass is 317 g/mol. The first kappa shape index (κ1) is 15.8. The summed E-state index contributed by atoms with van der Waals surface area (Å²) in [6, 6.07) is 3.82. The second-order valence-electron chi connectivity index (χ2n) is 6.43. The largest absolute Gasteiger partial charge is 0.461 e. The van der Waals surface area contributed by atoms with Crippen LogP contribution in [0.15, 0.2) is 27.3 Å². The van der Waals surface area contributed by atoms with Crippen LogP contribution in [0.2, 0.25) is 0 Å². The van der Waals surface area contributed by atoms with Crippen LogP contribution in [0.3, 0.4) is 0 Å². The number of rotatable bonds is 5. The average molecular weight is 317 g/mol. The molecule has 0 saturated heterocycles. The molecule has 0 spiro atoms. The number of hydrogen-bond acceptors (Lipinski definition) is 5. The summed E-state index contributed by atoms with van der Waals surface area (Å²) in [6.07, 6.45) is 5.87. The summed E-state index contributed by atoms with van der Waals surface area (Å²) < 4.78 is 10.4. The Balaban J connectivity index is 1.49. The summed E-state index contributed by atoms with van der Waals surface area (Å²) in [5, 5.41) is 7.02. The van der Waals surface area contributed by atoms with E-state index in [1.807, 2.05) is 0 Å². The lowest BCUT2D eigenvalue weighted by molar-refractivity contribution is -0.122. The van der Waals surface area contributed by atoms with Crippen molar-refractivity contribution < 1.29 is 13.7 Å².